The highest BCUT2D eigenvalue weighted by Crippen LogP contribution is 2.44. The molecule has 0 spiro atoms. The number of nitrogens with zero attached hydrogens (tertiary/aromatic N) is 1. The van der Waals surface area contributed by atoms with Gasteiger partial charge in [-0.25, -0.2) is 4.79 Å². The molecule has 28 heavy (non-hydrogen) atoms. The molecule has 0 bridgehead atoms. The summed E-state index contributed by atoms with van der Waals surface area (Å²) in [6.45, 7) is 11.4. The summed E-state index contributed by atoms with van der Waals surface area (Å²) in [7, 11) is 0. The Morgan fingerprint density at radius 3 is 2.57 bits per heavy atom. The molecule has 5 nitrogen and oxygen atoms in total. The van der Waals surface area contributed by atoms with Gasteiger partial charge in [0.25, 0.3) is 0 Å². The highest BCUT2D eigenvalue weighted by atomic mass is 32.1. The molecule has 1 aliphatic heterocycles. The predicted molar refractivity (Wildman–Crippen MR) is 114 cm³/mol. The van der Waals surface area contributed by atoms with Crippen LogP contribution in [0.15, 0.2) is 0 Å². The van der Waals surface area contributed by atoms with E-state index in [1.165, 1.54) is 11.3 Å². The van der Waals surface area contributed by atoms with Crippen molar-refractivity contribution in [3.63, 3.8) is 0 Å². The summed E-state index contributed by atoms with van der Waals surface area (Å²) in [5, 5.41) is 3.73. The molecule has 1 aromatic rings. The third kappa shape index (κ3) is 4.95. The SMILES string of the molecule is CCOC(=O)c1c(NC(=O)CN2CCCCC2)sc2c1CCC(C(C)(C)C)C2. The number of amides is 1. The van der Waals surface area contributed by atoms with Crippen LogP contribution in [0.3, 0.4) is 0 Å². The van der Waals surface area contributed by atoms with Crippen LogP contribution in [0.5, 0.6) is 0 Å². The molecule has 6 heteroatoms. The highest BCUT2D eigenvalue weighted by Gasteiger charge is 2.34. The number of carbonyl (C=O) groups is 2. The monoisotopic (exact) mass is 406 g/mol. The van der Waals surface area contributed by atoms with Crippen molar-refractivity contribution in [2.45, 2.75) is 66.2 Å². The first-order chi connectivity index (χ1) is 13.3. The molecule has 1 aliphatic carbocycles. The molecule has 0 saturated carbocycles. The van der Waals surface area contributed by atoms with Gasteiger partial charge in [-0.1, -0.05) is 27.2 Å². The third-order valence-corrected chi connectivity index (χ3v) is 7.21. The third-order valence-electron chi connectivity index (χ3n) is 6.04. The molecule has 2 heterocycles. The molecule has 3 rings (SSSR count). The zero-order valence-corrected chi connectivity index (χ0v) is 18.5. The van der Waals surface area contributed by atoms with Gasteiger partial charge in [0.2, 0.25) is 5.91 Å². The van der Waals surface area contributed by atoms with E-state index in [1.54, 1.807) is 11.3 Å². The minimum absolute atomic E-state index is 0.0292. The minimum atomic E-state index is -0.303. The number of hydrogen-bond acceptors (Lipinski definition) is 5. The molecule has 1 unspecified atom stereocenters. The lowest BCUT2D eigenvalue weighted by atomic mass is 9.72. The fraction of sp³-hybridized carbons (Fsp3) is 0.727. The van der Waals surface area contributed by atoms with Crippen molar-refractivity contribution in [2.24, 2.45) is 11.3 Å². The van der Waals surface area contributed by atoms with Crippen LogP contribution in [-0.2, 0) is 22.4 Å². The van der Waals surface area contributed by atoms with Crippen molar-refractivity contribution in [3.8, 4) is 0 Å². The van der Waals surface area contributed by atoms with E-state index in [2.05, 4.69) is 31.0 Å². The van der Waals surface area contributed by atoms with E-state index in [9.17, 15) is 9.59 Å². The molecule has 1 aromatic heterocycles. The molecule has 2 aliphatic rings. The number of ether oxygens (including phenoxy) is 1. The Balaban J connectivity index is 1.80. The van der Waals surface area contributed by atoms with Crippen LogP contribution in [0.4, 0.5) is 5.00 Å². The van der Waals surface area contributed by atoms with Crippen molar-refractivity contribution in [1.82, 2.24) is 4.90 Å². The number of likely N-dealkylation sites (tertiary alicyclic amines) is 1. The fourth-order valence-corrected chi connectivity index (χ4v) is 5.65. The maximum absolute atomic E-state index is 12.7. The van der Waals surface area contributed by atoms with Crippen LogP contribution in [0, 0.1) is 11.3 Å². The van der Waals surface area contributed by atoms with Crippen molar-refractivity contribution in [1.29, 1.82) is 0 Å². The van der Waals surface area contributed by atoms with E-state index in [-0.39, 0.29) is 17.3 Å². The first kappa shape index (κ1) is 21.3. The Hall–Kier alpha value is -1.40. The van der Waals surface area contributed by atoms with Crippen LogP contribution < -0.4 is 5.32 Å². The van der Waals surface area contributed by atoms with E-state index in [1.807, 2.05) is 6.92 Å². The molecule has 1 atom stereocenters. The zero-order chi connectivity index (χ0) is 20.3. The summed E-state index contributed by atoms with van der Waals surface area (Å²) in [6, 6.07) is 0. The highest BCUT2D eigenvalue weighted by molar-refractivity contribution is 7.17. The van der Waals surface area contributed by atoms with Gasteiger partial charge in [0, 0.05) is 4.88 Å². The predicted octanol–water partition coefficient (Wildman–Crippen LogP) is 4.50. The number of nitrogens with one attached hydrogen (secondary N) is 1. The first-order valence-electron chi connectivity index (χ1n) is 10.6. The molecular formula is C22H34N2O3S. The van der Waals surface area contributed by atoms with Gasteiger partial charge in [-0.05, 0) is 69.0 Å². The topological polar surface area (TPSA) is 58.6 Å². The lowest BCUT2D eigenvalue weighted by Crippen LogP contribution is -2.36. The molecule has 1 N–H and O–H groups in total. The van der Waals surface area contributed by atoms with Gasteiger partial charge in [0.1, 0.15) is 5.00 Å². The van der Waals surface area contributed by atoms with Gasteiger partial charge < -0.3 is 10.1 Å². The Kier molecular flexibility index (Phi) is 6.81. The van der Waals surface area contributed by atoms with Crippen molar-refractivity contribution < 1.29 is 14.3 Å². The fourth-order valence-electron chi connectivity index (χ4n) is 4.32. The summed E-state index contributed by atoms with van der Waals surface area (Å²) in [5.74, 6) is 0.256. The molecule has 1 fully saturated rings. The van der Waals surface area contributed by atoms with Crippen LogP contribution in [0.1, 0.15) is 74.2 Å². The summed E-state index contributed by atoms with van der Waals surface area (Å²) in [6.07, 6.45) is 6.48. The van der Waals surface area contributed by atoms with E-state index in [0.29, 0.717) is 29.6 Å². The maximum atomic E-state index is 12.7. The Morgan fingerprint density at radius 1 is 1.21 bits per heavy atom. The second-order valence-electron chi connectivity index (χ2n) is 9.12. The van der Waals surface area contributed by atoms with Crippen LogP contribution >= 0.6 is 11.3 Å². The quantitative estimate of drug-likeness (QED) is 0.732. The average molecular weight is 407 g/mol. The van der Waals surface area contributed by atoms with E-state index >= 15 is 0 Å². The molecule has 1 saturated heterocycles. The first-order valence-corrected chi connectivity index (χ1v) is 11.4. The van der Waals surface area contributed by atoms with Crippen LogP contribution in [0.25, 0.3) is 0 Å². The van der Waals surface area contributed by atoms with Gasteiger partial charge in [-0.2, -0.15) is 0 Å². The lowest BCUT2D eigenvalue weighted by molar-refractivity contribution is -0.117. The van der Waals surface area contributed by atoms with Gasteiger partial charge >= 0.3 is 5.97 Å². The second kappa shape index (κ2) is 8.95. The number of piperidine rings is 1. The number of hydrogen-bond donors (Lipinski definition) is 1. The summed E-state index contributed by atoms with van der Waals surface area (Å²) < 4.78 is 5.32. The number of esters is 1. The number of rotatable bonds is 5. The van der Waals surface area contributed by atoms with Crippen LogP contribution in [0.2, 0.25) is 0 Å². The Labute approximate surface area is 172 Å². The van der Waals surface area contributed by atoms with Gasteiger partial charge in [0.15, 0.2) is 0 Å². The van der Waals surface area contributed by atoms with Gasteiger partial charge in [-0.15, -0.1) is 11.3 Å². The summed E-state index contributed by atoms with van der Waals surface area (Å²) in [5.41, 5.74) is 1.93. The van der Waals surface area contributed by atoms with E-state index in [0.717, 1.165) is 50.8 Å². The van der Waals surface area contributed by atoms with E-state index < -0.39 is 0 Å². The molecular weight excluding hydrogens is 372 g/mol. The Morgan fingerprint density at radius 2 is 1.93 bits per heavy atom. The lowest BCUT2D eigenvalue weighted by Gasteiger charge is -2.33. The van der Waals surface area contributed by atoms with E-state index in [4.69, 9.17) is 4.74 Å². The standard InChI is InChI=1S/C22H34N2O3S/c1-5-27-21(26)19-16-10-9-15(22(2,3)4)13-17(16)28-20(19)23-18(25)14-24-11-7-6-8-12-24/h15H,5-14H2,1-4H3,(H,23,25). The number of anilines is 1. The number of thiophene rings is 1. The normalized spacial score (nSPS) is 20.5. The van der Waals surface area contributed by atoms with Gasteiger partial charge in [0.05, 0.1) is 18.7 Å². The smallest absolute Gasteiger partial charge is 0.341 e. The minimum Gasteiger partial charge on any atom is -0.462 e. The summed E-state index contributed by atoms with van der Waals surface area (Å²) in [4.78, 5) is 28.8. The molecule has 156 valence electrons. The zero-order valence-electron chi connectivity index (χ0n) is 17.7. The van der Waals surface area contributed by atoms with Crippen molar-refractivity contribution in [3.05, 3.63) is 16.0 Å². The largest absolute Gasteiger partial charge is 0.462 e. The Bertz CT molecular complexity index is 714. The van der Waals surface area contributed by atoms with Crippen molar-refractivity contribution >= 4 is 28.2 Å². The number of fused-ring (bicyclic) bond motifs is 1. The average Bonchev–Trinajstić information content (AvgIpc) is 2.98. The second-order valence-corrected chi connectivity index (χ2v) is 10.2. The maximum Gasteiger partial charge on any atom is 0.341 e. The molecule has 0 aromatic carbocycles. The molecule has 1 amide bonds. The van der Waals surface area contributed by atoms with Crippen molar-refractivity contribution in [2.75, 3.05) is 31.6 Å². The summed E-state index contributed by atoms with van der Waals surface area (Å²) >= 11 is 1.58. The number of carbonyl (C=O) groups excluding carboxylic acids is 2. The van der Waals surface area contributed by atoms with Gasteiger partial charge in [-0.3, -0.25) is 9.69 Å². The molecule has 0 radical (unpaired) electrons. The van der Waals surface area contributed by atoms with Crippen LogP contribution in [-0.4, -0.2) is 43.0 Å².